The lowest BCUT2D eigenvalue weighted by Crippen LogP contribution is -2.43. The molecule has 2 aliphatic rings. The number of hydrogen-bond acceptors (Lipinski definition) is 2. The molecule has 1 aliphatic heterocycles. The Hall–Kier alpha value is -1.35. The molecule has 1 aliphatic carbocycles. The van der Waals surface area contributed by atoms with Gasteiger partial charge < -0.3 is 10.6 Å². The van der Waals surface area contributed by atoms with Crippen molar-refractivity contribution in [2.24, 2.45) is 11.3 Å². The quantitative estimate of drug-likeness (QED) is 0.813. The van der Waals surface area contributed by atoms with Gasteiger partial charge in [0, 0.05) is 13.0 Å². The maximum absolute atomic E-state index is 12.1. The summed E-state index contributed by atoms with van der Waals surface area (Å²) in [6.07, 6.45) is 7.84. The van der Waals surface area contributed by atoms with Gasteiger partial charge in [0.05, 0.1) is 0 Å². The molecule has 0 bridgehead atoms. The molecular weight excluding hydrogens is 272 g/mol. The molecule has 3 nitrogen and oxygen atoms in total. The maximum Gasteiger partial charge on any atom is 0.220 e. The fourth-order valence-electron chi connectivity index (χ4n) is 3.79. The van der Waals surface area contributed by atoms with E-state index in [0.29, 0.717) is 17.8 Å². The highest BCUT2D eigenvalue weighted by atomic mass is 16.1. The molecular formula is C19H28N2O. The van der Waals surface area contributed by atoms with Crippen molar-refractivity contribution in [3.63, 3.8) is 0 Å². The highest BCUT2D eigenvalue weighted by Crippen LogP contribution is 2.43. The zero-order chi connectivity index (χ0) is 15.3. The van der Waals surface area contributed by atoms with Crippen LogP contribution in [0.2, 0.25) is 0 Å². The molecule has 1 amide bonds. The summed E-state index contributed by atoms with van der Waals surface area (Å²) in [4.78, 5) is 12.1. The van der Waals surface area contributed by atoms with Gasteiger partial charge >= 0.3 is 0 Å². The monoisotopic (exact) mass is 300 g/mol. The van der Waals surface area contributed by atoms with Crippen molar-refractivity contribution in [3.05, 3.63) is 35.9 Å². The topological polar surface area (TPSA) is 41.1 Å². The standard InChI is InChI=1S/C19H28N2O/c22-18(8-7-17-9-12-20-14-17)21-15-19(10-4-11-19)13-16-5-2-1-3-6-16/h1-3,5-6,17,20H,4,7-15H2,(H,21,22). The van der Waals surface area contributed by atoms with E-state index in [0.717, 1.165) is 32.5 Å². The molecule has 2 fully saturated rings. The summed E-state index contributed by atoms with van der Waals surface area (Å²) >= 11 is 0. The Morgan fingerprint density at radius 2 is 2.09 bits per heavy atom. The van der Waals surface area contributed by atoms with Crippen LogP contribution >= 0.6 is 0 Å². The van der Waals surface area contributed by atoms with Gasteiger partial charge in [-0.3, -0.25) is 4.79 Å². The average Bonchev–Trinajstić information content (AvgIpc) is 3.02. The SMILES string of the molecule is O=C(CCC1CCNC1)NCC1(Cc2ccccc2)CCC1. The molecule has 1 saturated carbocycles. The number of benzene rings is 1. The Bertz CT molecular complexity index is 475. The van der Waals surface area contributed by atoms with Crippen LogP contribution in [-0.4, -0.2) is 25.5 Å². The zero-order valence-corrected chi connectivity index (χ0v) is 13.4. The maximum atomic E-state index is 12.1. The minimum atomic E-state index is 0.242. The van der Waals surface area contributed by atoms with Crippen LogP contribution in [0.3, 0.4) is 0 Å². The van der Waals surface area contributed by atoms with Gasteiger partial charge in [0.15, 0.2) is 0 Å². The van der Waals surface area contributed by atoms with Crippen LogP contribution in [0.1, 0.15) is 44.1 Å². The molecule has 1 atom stereocenters. The number of nitrogens with one attached hydrogen (secondary N) is 2. The molecule has 1 unspecified atom stereocenters. The second-order valence-corrected chi connectivity index (χ2v) is 7.19. The van der Waals surface area contributed by atoms with E-state index in [9.17, 15) is 4.79 Å². The van der Waals surface area contributed by atoms with Gasteiger partial charge in [-0.2, -0.15) is 0 Å². The van der Waals surface area contributed by atoms with Crippen molar-refractivity contribution in [1.82, 2.24) is 10.6 Å². The highest BCUT2D eigenvalue weighted by molar-refractivity contribution is 5.75. The summed E-state index contributed by atoms with van der Waals surface area (Å²) in [5, 5.41) is 6.58. The Labute approximate surface area is 133 Å². The smallest absolute Gasteiger partial charge is 0.220 e. The number of carbonyl (C=O) groups is 1. The second kappa shape index (κ2) is 7.28. The summed E-state index contributed by atoms with van der Waals surface area (Å²) in [5.41, 5.74) is 1.71. The van der Waals surface area contributed by atoms with Crippen LogP contribution in [0.15, 0.2) is 30.3 Å². The van der Waals surface area contributed by atoms with E-state index in [1.165, 1.54) is 31.2 Å². The minimum absolute atomic E-state index is 0.242. The molecule has 3 rings (SSSR count). The Kier molecular flexibility index (Phi) is 5.14. The number of amides is 1. The summed E-state index contributed by atoms with van der Waals surface area (Å²) < 4.78 is 0. The fraction of sp³-hybridized carbons (Fsp3) is 0.632. The van der Waals surface area contributed by atoms with Crippen LogP contribution in [0.4, 0.5) is 0 Å². The van der Waals surface area contributed by atoms with E-state index in [1.807, 2.05) is 0 Å². The fourth-order valence-corrected chi connectivity index (χ4v) is 3.79. The van der Waals surface area contributed by atoms with Gasteiger partial charge in [0.25, 0.3) is 0 Å². The molecule has 1 saturated heterocycles. The van der Waals surface area contributed by atoms with E-state index in [-0.39, 0.29) is 5.91 Å². The summed E-state index contributed by atoms with van der Waals surface area (Å²) in [6, 6.07) is 10.7. The Morgan fingerprint density at radius 1 is 1.27 bits per heavy atom. The van der Waals surface area contributed by atoms with Gasteiger partial charge in [-0.05, 0) is 62.1 Å². The average molecular weight is 300 g/mol. The summed E-state index contributed by atoms with van der Waals surface area (Å²) in [7, 11) is 0. The normalized spacial score (nSPS) is 23.0. The van der Waals surface area contributed by atoms with Gasteiger partial charge in [-0.1, -0.05) is 36.8 Å². The second-order valence-electron chi connectivity index (χ2n) is 7.19. The van der Waals surface area contributed by atoms with Crippen LogP contribution < -0.4 is 10.6 Å². The first-order chi connectivity index (χ1) is 10.8. The summed E-state index contributed by atoms with van der Waals surface area (Å²) in [6.45, 7) is 3.06. The van der Waals surface area contributed by atoms with Crippen molar-refractivity contribution in [2.45, 2.75) is 44.9 Å². The molecule has 1 heterocycles. The van der Waals surface area contributed by atoms with Crippen molar-refractivity contribution < 1.29 is 4.79 Å². The molecule has 1 aromatic carbocycles. The van der Waals surface area contributed by atoms with E-state index in [1.54, 1.807) is 0 Å². The summed E-state index contributed by atoms with van der Waals surface area (Å²) in [5.74, 6) is 0.943. The van der Waals surface area contributed by atoms with Gasteiger partial charge in [-0.15, -0.1) is 0 Å². The molecule has 120 valence electrons. The third-order valence-electron chi connectivity index (χ3n) is 5.44. The molecule has 3 heteroatoms. The highest BCUT2D eigenvalue weighted by Gasteiger charge is 2.37. The zero-order valence-electron chi connectivity index (χ0n) is 13.4. The van der Waals surface area contributed by atoms with Crippen molar-refractivity contribution >= 4 is 5.91 Å². The van der Waals surface area contributed by atoms with E-state index >= 15 is 0 Å². The lowest BCUT2D eigenvalue weighted by Gasteiger charge is -2.42. The van der Waals surface area contributed by atoms with Crippen LogP contribution in [0, 0.1) is 11.3 Å². The molecule has 2 N–H and O–H groups in total. The van der Waals surface area contributed by atoms with Crippen LogP contribution in [-0.2, 0) is 11.2 Å². The van der Waals surface area contributed by atoms with Gasteiger partial charge in [0.1, 0.15) is 0 Å². The first kappa shape index (κ1) is 15.5. The Morgan fingerprint density at radius 3 is 2.73 bits per heavy atom. The number of hydrogen-bond donors (Lipinski definition) is 2. The Balaban J connectivity index is 1.43. The third-order valence-corrected chi connectivity index (χ3v) is 5.44. The first-order valence-corrected chi connectivity index (χ1v) is 8.77. The van der Waals surface area contributed by atoms with Crippen molar-refractivity contribution in [2.75, 3.05) is 19.6 Å². The largest absolute Gasteiger partial charge is 0.356 e. The molecule has 0 aromatic heterocycles. The molecule has 1 aromatic rings. The van der Waals surface area contributed by atoms with E-state index < -0.39 is 0 Å². The molecule has 0 spiro atoms. The first-order valence-electron chi connectivity index (χ1n) is 8.77. The number of carbonyl (C=O) groups excluding carboxylic acids is 1. The lowest BCUT2D eigenvalue weighted by atomic mass is 9.65. The van der Waals surface area contributed by atoms with Crippen LogP contribution in [0.25, 0.3) is 0 Å². The number of rotatable bonds is 7. The van der Waals surface area contributed by atoms with E-state index in [2.05, 4.69) is 41.0 Å². The van der Waals surface area contributed by atoms with Gasteiger partial charge in [0.2, 0.25) is 5.91 Å². The lowest BCUT2D eigenvalue weighted by molar-refractivity contribution is -0.122. The van der Waals surface area contributed by atoms with Gasteiger partial charge in [-0.25, -0.2) is 0 Å². The van der Waals surface area contributed by atoms with Crippen molar-refractivity contribution in [3.8, 4) is 0 Å². The van der Waals surface area contributed by atoms with Crippen LogP contribution in [0.5, 0.6) is 0 Å². The molecule has 0 radical (unpaired) electrons. The minimum Gasteiger partial charge on any atom is -0.356 e. The van der Waals surface area contributed by atoms with E-state index in [4.69, 9.17) is 0 Å². The van der Waals surface area contributed by atoms with Crippen molar-refractivity contribution in [1.29, 1.82) is 0 Å². The predicted molar refractivity (Wildman–Crippen MR) is 89.7 cm³/mol. The third kappa shape index (κ3) is 4.10. The molecule has 22 heavy (non-hydrogen) atoms. The predicted octanol–water partition coefficient (Wildman–Crippen LogP) is 2.91.